The van der Waals surface area contributed by atoms with Gasteiger partial charge in [-0.3, -0.25) is 4.79 Å². The highest BCUT2D eigenvalue weighted by molar-refractivity contribution is 8.00. The Morgan fingerprint density at radius 2 is 2.23 bits per heavy atom. The van der Waals surface area contributed by atoms with E-state index in [1.54, 1.807) is 22.7 Å². The SMILES string of the molecule is CCC(Sc1ccc2nnc(-c3ccc(Cl)s3)n2n1)C(=O)O. The van der Waals surface area contributed by atoms with Gasteiger partial charge in [-0.1, -0.05) is 30.3 Å². The van der Waals surface area contributed by atoms with Crippen LogP contribution < -0.4 is 0 Å². The molecule has 1 atom stereocenters. The first-order valence-electron chi connectivity index (χ1n) is 6.46. The molecule has 1 N–H and O–H groups in total. The molecule has 0 aliphatic heterocycles. The minimum atomic E-state index is -0.844. The smallest absolute Gasteiger partial charge is 0.317 e. The second kappa shape index (κ2) is 6.23. The van der Waals surface area contributed by atoms with Crippen LogP contribution in [-0.2, 0) is 4.79 Å². The van der Waals surface area contributed by atoms with Gasteiger partial charge in [-0.15, -0.1) is 21.5 Å². The second-order valence-electron chi connectivity index (χ2n) is 4.42. The van der Waals surface area contributed by atoms with Crippen LogP contribution in [0, 0.1) is 0 Å². The summed E-state index contributed by atoms with van der Waals surface area (Å²) in [5.74, 6) is -0.249. The van der Waals surface area contributed by atoms with Gasteiger partial charge in [-0.2, -0.15) is 9.61 Å². The molecule has 0 aromatic carbocycles. The molecule has 0 radical (unpaired) electrons. The molecule has 0 saturated heterocycles. The maximum absolute atomic E-state index is 11.1. The minimum Gasteiger partial charge on any atom is -0.480 e. The van der Waals surface area contributed by atoms with Crippen LogP contribution in [0.2, 0.25) is 4.34 Å². The Kier molecular flexibility index (Phi) is 4.32. The van der Waals surface area contributed by atoms with Crippen LogP contribution in [0.4, 0.5) is 0 Å². The standard InChI is InChI=1S/C13H11ClN4O2S2/c1-2-7(13(19)20)22-11-6-5-10-15-16-12(18(10)17-11)8-3-4-9(14)21-8/h3-7H,2H2,1H3,(H,19,20). The van der Waals surface area contributed by atoms with Crippen molar-refractivity contribution in [3.05, 3.63) is 28.6 Å². The van der Waals surface area contributed by atoms with Gasteiger partial charge in [-0.05, 0) is 30.7 Å². The number of halogens is 1. The van der Waals surface area contributed by atoms with Gasteiger partial charge in [0.2, 0.25) is 0 Å². The topological polar surface area (TPSA) is 80.4 Å². The molecule has 0 bridgehead atoms. The summed E-state index contributed by atoms with van der Waals surface area (Å²) in [6.45, 7) is 1.84. The number of thioether (sulfide) groups is 1. The highest BCUT2D eigenvalue weighted by Gasteiger charge is 2.18. The summed E-state index contributed by atoms with van der Waals surface area (Å²) in [4.78, 5) is 12.0. The molecule has 0 fully saturated rings. The van der Waals surface area contributed by atoms with Crippen molar-refractivity contribution in [3.8, 4) is 10.7 Å². The number of nitrogens with zero attached hydrogens (tertiary/aromatic N) is 4. The van der Waals surface area contributed by atoms with Gasteiger partial charge in [-0.25, -0.2) is 0 Å². The zero-order valence-electron chi connectivity index (χ0n) is 11.4. The van der Waals surface area contributed by atoms with E-state index in [0.29, 0.717) is 27.3 Å². The number of carboxylic acids is 1. The predicted molar refractivity (Wildman–Crippen MR) is 86.7 cm³/mol. The summed E-state index contributed by atoms with van der Waals surface area (Å²) in [6, 6.07) is 7.18. The third kappa shape index (κ3) is 2.94. The zero-order valence-corrected chi connectivity index (χ0v) is 13.8. The van der Waals surface area contributed by atoms with E-state index in [0.717, 1.165) is 4.88 Å². The number of rotatable bonds is 5. The summed E-state index contributed by atoms with van der Waals surface area (Å²) >= 11 is 8.56. The van der Waals surface area contributed by atoms with Crippen molar-refractivity contribution < 1.29 is 9.90 Å². The first-order valence-corrected chi connectivity index (χ1v) is 8.53. The van der Waals surface area contributed by atoms with Gasteiger partial charge < -0.3 is 5.11 Å². The Labute approximate surface area is 139 Å². The highest BCUT2D eigenvalue weighted by Crippen LogP contribution is 2.30. The molecule has 3 rings (SSSR count). The van der Waals surface area contributed by atoms with Gasteiger partial charge in [0, 0.05) is 0 Å². The number of aliphatic carboxylic acids is 1. The number of carboxylic acid groups (broad SMARTS) is 1. The molecule has 6 nitrogen and oxygen atoms in total. The number of carbonyl (C=O) groups is 1. The van der Waals surface area contributed by atoms with Crippen LogP contribution in [0.5, 0.6) is 0 Å². The Morgan fingerprint density at radius 3 is 2.86 bits per heavy atom. The summed E-state index contributed by atoms with van der Waals surface area (Å²) in [6.07, 6.45) is 0.523. The lowest BCUT2D eigenvalue weighted by Crippen LogP contribution is -2.15. The lowest BCUT2D eigenvalue weighted by atomic mass is 10.3. The van der Waals surface area contributed by atoms with Crippen LogP contribution >= 0.6 is 34.7 Å². The lowest BCUT2D eigenvalue weighted by Gasteiger charge is -2.08. The number of fused-ring (bicyclic) bond motifs is 1. The predicted octanol–water partition coefficient (Wildman–Crippen LogP) is 3.46. The Balaban J connectivity index is 1.99. The third-order valence-electron chi connectivity index (χ3n) is 2.94. The molecule has 9 heteroatoms. The van der Waals surface area contributed by atoms with Crippen molar-refractivity contribution in [1.29, 1.82) is 0 Å². The van der Waals surface area contributed by atoms with E-state index in [1.165, 1.54) is 23.1 Å². The van der Waals surface area contributed by atoms with Crippen LogP contribution in [0.3, 0.4) is 0 Å². The van der Waals surface area contributed by atoms with Crippen LogP contribution in [-0.4, -0.2) is 36.1 Å². The average molecular weight is 355 g/mol. The fourth-order valence-corrected chi connectivity index (χ4v) is 3.72. The van der Waals surface area contributed by atoms with Crippen LogP contribution in [0.25, 0.3) is 16.3 Å². The van der Waals surface area contributed by atoms with Crippen molar-refractivity contribution in [2.45, 2.75) is 23.6 Å². The largest absolute Gasteiger partial charge is 0.480 e. The fraction of sp³-hybridized carbons (Fsp3) is 0.231. The molecule has 3 heterocycles. The molecule has 0 saturated carbocycles. The van der Waals surface area contributed by atoms with E-state index in [9.17, 15) is 4.79 Å². The fourth-order valence-electron chi connectivity index (χ4n) is 1.88. The third-order valence-corrected chi connectivity index (χ3v) is 5.45. The molecule has 0 amide bonds. The Hall–Kier alpha value is -1.64. The number of aromatic nitrogens is 4. The van der Waals surface area contributed by atoms with E-state index in [-0.39, 0.29) is 0 Å². The zero-order chi connectivity index (χ0) is 15.7. The highest BCUT2D eigenvalue weighted by atomic mass is 35.5. The van der Waals surface area contributed by atoms with Gasteiger partial charge in [0.15, 0.2) is 11.5 Å². The summed E-state index contributed by atoms with van der Waals surface area (Å²) in [5.41, 5.74) is 0.604. The molecule has 1 unspecified atom stereocenters. The molecule has 0 spiro atoms. The molecule has 0 aliphatic carbocycles. The number of hydrogen-bond acceptors (Lipinski definition) is 6. The lowest BCUT2D eigenvalue weighted by molar-refractivity contribution is -0.136. The summed E-state index contributed by atoms with van der Waals surface area (Å²) < 4.78 is 2.27. The van der Waals surface area contributed by atoms with E-state index >= 15 is 0 Å². The maximum atomic E-state index is 11.1. The van der Waals surface area contributed by atoms with E-state index in [4.69, 9.17) is 16.7 Å². The summed E-state index contributed by atoms with van der Waals surface area (Å²) in [7, 11) is 0. The molecule has 3 aromatic heterocycles. The molecule has 114 valence electrons. The van der Waals surface area contributed by atoms with Crippen LogP contribution in [0.1, 0.15) is 13.3 Å². The number of hydrogen-bond donors (Lipinski definition) is 1. The molecule has 22 heavy (non-hydrogen) atoms. The first-order chi connectivity index (χ1) is 10.6. The summed E-state index contributed by atoms with van der Waals surface area (Å²) in [5, 5.41) is 21.9. The van der Waals surface area contributed by atoms with Crippen molar-refractivity contribution in [2.75, 3.05) is 0 Å². The van der Waals surface area contributed by atoms with E-state index in [2.05, 4.69) is 15.3 Å². The maximum Gasteiger partial charge on any atom is 0.317 e. The van der Waals surface area contributed by atoms with E-state index < -0.39 is 11.2 Å². The van der Waals surface area contributed by atoms with Crippen molar-refractivity contribution in [2.24, 2.45) is 0 Å². The van der Waals surface area contributed by atoms with Crippen LogP contribution in [0.15, 0.2) is 29.3 Å². The molecule has 0 aliphatic rings. The normalized spacial score (nSPS) is 12.6. The first kappa shape index (κ1) is 15.3. The van der Waals surface area contributed by atoms with Crippen molar-refractivity contribution >= 4 is 46.3 Å². The van der Waals surface area contributed by atoms with Gasteiger partial charge >= 0.3 is 5.97 Å². The minimum absolute atomic E-state index is 0.523. The average Bonchev–Trinajstić information content (AvgIpc) is 3.09. The van der Waals surface area contributed by atoms with Crippen molar-refractivity contribution in [3.63, 3.8) is 0 Å². The second-order valence-corrected chi connectivity index (χ2v) is 7.36. The van der Waals surface area contributed by atoms with Gasteiger partial charge in [0.1, 0.15) is 10.3 Å². The number of thiophene rings is 1. The van der Waals surface area contributed by atoms with E-state index in [1.807, 2.05) is 13.0 Å². The van der Waals surface area contributed by atoms with Gasteiger partial charge in [0.05, 0.1) is 9.21 Å². The molecular weight excluding hydrogens is 344 g/mol. The Morgan fingerprint density at radius 1 is 1.41 bits per heavy atom. The molecule has 3 aromatic rings. The Bertz CT molecular complexity index is 832. The monoisotopic (exact) mass is 354 g/mol. The van der Waals surface area contributed by atoms with Crippen molar-refractivity contribution in [1.82, 2.24) is 19.8 Å². The quantitative estimate of drug-likeness (QED) is 0.707. The van der Waals surface area contributed by atoms with Gasteiger partial charge in [0.25, 0.3) is 0 Å². The molecular formula is C13H11ClN4O2S2.